The van der Waals surface area contributed by atoms with E-state index in [1.165, 1.54) is 5.56 Å². The molecule has 39 heavy (non-hydrogen) atoms. The zero-order valence-corrected chi connectivity index (χ0v) is 24.1. The average Bonchev–Trinajstić information content (AvgIpc) is 2.94. The molecule has 2 fully saturated rings. The number of para-hydroxylation sites is 1. The van der Waals surface area contributed by atoms with E-state index in [-0.39, 0.29) is 24.5 Å². The number of morpholine rings is 1. The lowest BCUT2D eigenvalue weighted by atomic mass is 9.95. The number of hydrogen-bond donors (Lipinski definition) is 2. The molecule has 2 heterocycles. The van der Waals surface area contributed by atoms with Crippen molar-refractivity contribution >= 4 is 35.8 Å². The predicted octanol–water partition coefficient (Wildman–Crippen LogP) is 5.56. The number of benzene rings is 2. The standard InChI is InChI=1S/C30H43N5O3.ClH/c1-3-14-35(23-25-12-15-33(16-13-25)30(37)34-17-19-38-20-18-34)24(2)21-26-8-7-11-28(22-26)32-29(36)31-27-9-5-4-6-10-27;/h4-11,22,24-25H,3,12-21,23H2,1-2H3,(H2,31,32,36);1H. The number of rotatable bonds is 9. The highest BCUT2D eigenvalue weighted by atomic mass is 35.5. The Bertz CT molecular complexity index is 1030. The molecule has 0 aliphatic carbocycles. The first-order chi connectivity index (χ1) is 18.5. The fourth-order valence-corrected chi connectivity index (χ4v) is 5.43. The predicted molar refractivity (Wildman–Crippen MR) is 160 cm³/mol. The van der Waals surface area contributed by atoms with Crippen LogP contribution in [-0.4, -0.2) is 85.3 Å². The SMILES string of the molecule is CCCN(CC1CCN(C(=O)N2CCOCC2)CC1)C(C)Cc1cccc(NC(=O)Nc2ccccc2)c1.Cl. The van der Waals surface area contributed by atoms with Crippen molar-refractivity contribution in [2.45, 2.75) is 45.6 Å². The second-order valence-corrected chi connectivity index (χ2v) is 10.5. The molecule has 4 amide bonds. The minimum Gasteiger partial charge on any atom is -0.378 e. The van der Waals surface area contributed by atoms with Gasteiger partial charge in [-0.05, 0) is 74.9 Å². The summed E-state index contributed by atoms with van der Waals surface area (Å²) < 4.78 is 5.39. The molecule has 2 aliphatic rings. The van der Waals surface area contributed by atoms with Crippen molar-refractivity contribution in [3.8, 4) is 0 Å². The van der Waals surface area contributed by atoms with Gasteiger partial charge in [-0.3, -0.25) is 0 Å². The molecule has 2 N–H and O–H groups in total. The number of carbonyl (C=O) groups is 2. The summed E-state index contributed by atoms with van der Waals surface area (Å²) >= 11 is 0. The molecule has 2 aliphatic heterocycles. The molecule has 4 rings (SSSR count). The molecular formula is C30H44ClN5O3. The highest BCUT2D eigenvalue weighted by molar-refractivity contribution is 5.99. The lowest BCUT2D eigenvalue weighted by molar-refractivity contribution is 0.0386. The average molecular weight is 558 g/mol. The van der Waals surface area contributed by atoms with Crippen molar-refractivity contribution in [1.82, 2.24) is 14.7 Å². The van der Waals surface area contributed by atoms with Gasteiger partial charge in [0.15, 0.2) is 0 Å². The molecule has 0 aromatic heterocycles. The summed E-state index contributed by atoms with van der Waals surface area (Å²) in [6, 6.07) is 17.9. The van der Waals surface area contributed by atoms with Crippen LogP contribution in [0.3, 0.4) is 0 Å². The van der Waals surface area contributed by atoms with Crippen molar-refractivity contribution in [3.05, 3.63) is 60.2 Å². The number of anilines is 2. The van der Waals surface area contributed by atoms with E-state index >= 15 is 0 Å². The summed E-state index contributed by atoms with van der Waals surface area (Å²) in [5.74, 6) is 0.604. The highest BCUT2D eigenvalue weighted by Crippen LogP contribution is 2.22. The van der Waals surface area contributed by atoms with Crippen molar-refractivity contribution in [2.24, 2.45) is 5.92 Å². The van der Waals surface area contributed by atoms with Gasteiger partial charge >= 0.3 is 12.1 Å². The van der Waals surface area contributed by atoms with Crippen LogP contribution in [0.5, 0.6) is 0 Å². The van der Waals surface area contributed by atoms with Crippen LogP contribution in [-0.2, 0) is 11.2 Å². The first-order valence-electron chi connectivity index (χ1n) is 14.1. The Kier molecular flexibility index (Phi) is 12.4. The van der Waals surface area contributed by atoms with Crippen molar-refractivity contribution in [1.29, 1.82) is 0 Å². The molecule has 2 saturated heterocycles. The van der Waals surface area contributed by atoms with Gasteiger partial charge in [-0.25, -0.2) is 9.59 Å². The zero-order chi connectivity index (χ0) is 26.7. The van der Waals surface area contributed by atoms with Gasteiger partial charge in [-0.2, -0.15) is 0 Å². The Morgan fingerprint density at radius 2 is 1.59 bits per heavy atom. The molecular weight excluding hydrogens is 514 g/mol. The third-order valence-electron chi connectivity index (χ3n) is 7.54. The number of urea groups is 2. The Balaban J connectivity index is 0.00000420. The Morgan fingerprint density at radius 1 is 0.949 bits per heavy atom. The number of piperidine rings is 1. The van der Waals surface area contributed by atoms with Gasteiger partial charge in [-0.1, -0.05) is 37.3 Å². The number of nitrogens with zero attached hydrogens (tertiary/aromatic N) is 3. The topological polar surface area (TPSA) is 77.2 Å². The normalized spacial score (nSPS) is 16.9. The maximum Gasteiger partial charge on any atom is 0.323 e. The van der Waals surface area contributed by atoms with Crippen LogP contribution in [0.4, 0.5) is 21.0 Å². The lowest BCUT2D eigenvalue weighted by Gasteiger charge is -2.39. The highest BCUT2D eigenvalue weighted by Gasteiger charge is 2.28. The van der Waals surface area contributed by atoms with Crippen LogP contribution in [0.25, 0.3) is 0 Å². The molecule has 8 nitrogen and oxygen atoms in total. The van der Waals surface area contributed by atoms with E-state index in [0.29, 0.717) is 38.3 Å². The molecule has 1 unspecified atom stereocenters. The molecule has 0 spiro atoms. The van der Waals surface area contributed by atoms with Gasteiger partial charge in [0.2, 0.25) is 0 Å². The molecule has 0 saturated carbocycles. The number of hydrogen-bond acceptors (Lipinski definition) is 4. The van der Waals surface area contributed by atoms with E-state index in [9.17, 15) is 9.59 Å². The summed E-state index contributed by atoms with van der Waals surface area (Å²) in [5, 5.41) is 5.82. The third-order valence-corrected chi connectivity index (χ3v) is 7.54. The van der Waals surface area contributed by atoms with Gasteiger partial charge in [0.25, 0.3) is 0 Å². The molecule has 2 aromatic carbocycles. The molecule has 2 aromatic rings. The number of amides is 4. The monoisotopic (exact) mass is 557 g/mol. The molecule has 0 radical (unpaired) electrons. The Labute approximate surface area is 239 Å². The Morgan fingerprint density at radius 3 is 2.28 bits per heavy atom. The maximum atomic E-state index is 12.8. The minimum absolute atomic E-state index is 0. The van der Waals surface area contributed by atoms with E-state index in [2.05, 4.69) is 41.5 Å². The summed E-state index contributed by atoms with van der Waals surface area (Å²) in [6.45, 7) is 11.0. The Hall–Kier alpha value is -2.81. The fraction of sp³-hybridized carbons (Fsp3) is 0.533. The van der Waals surface area contributed by atoms with Crippen molar-refractivity contribution < 1.29 is 14.3 Å². The fourth-order valence-electron chi connectivity index (χ4n) is 5.43. The molecule has 9 heteroatoms. The lowest BCUT2D eigenvalue weighted by Crippen LogP contribution is -2.51. The van der Waals surface area contributed by atoms with Crippen LogP contribution < -0.4 is 10.6 Å². The quantitative estimate of drug-likeness (QED) is 0.423. The summed E-state index contributed by atoms with van der Waals surface area (Å²) in [4.78, 5) is 31.8. The van der Waals surface area contributed by atoms with Gasteiger partial charge in [-0.15, -0.1) is 12.4 Å². The van der Waals surface area contributed by atoms with Crippen LogP contribution >= 0.6 is 12.4 Å². The molecule has 0 bridgehead atoms. The minimum atomic E-state index is -0.243. The van der Waals surface area contributed by atoms with E-state index in [0.717, 1.165) is 63.2 Å². The number of halogens is 1. The van der Waals surface area contributed by atoms with Gasteiger partial charge in [0.1, 0.15) is 0 Å². The van der Waals surface area contributed by atoms with Gasteiger partial charge in [0.05, 0.1) is 13.2 Å². The van der Waals surface area contributed by atoms with Gasteiger partial charge in [0, 0.05) is 50.1 Å². The van der Waals surface area contributed by atoms with Crippen LogP contribution in [0, 0.1) is 5.92 Å². The largest absolute Gasteiger partial charge is 0.378 e. The summed E-state index contributed by atoms with van der Waals surface area (Å²) in [5.41, 5.74) is 2.77. The van der Waals surface area contributed by atoms with E-state index in [1.54, 1.807) is 0 Å². The smallest absolute Gasteiger partial charge is 0.323 e. The van der Waals surface area contributed by atoms with Crippen LogP contribution in [0.2, 0.25) is 0 Å². The molecule has 214 valence electrons. The first kappa shape index (κ1) is 30.7. The molecule has 1 atom stereocenters. The number of ether oxygens (including phenoxy) is 1. The van der Waals surface area contributed by atoms with E-state index in [4.69, 9.17) is 4.74 Å². The number of nitrogens with one attached hydrogen (secondary N) is 2. The van der Waals surface area contributed by atoms with Gasteiger partial charge < -0.3 is 30.1 Å². The summed E-state index contributed by atoms with van der Waals surface area (Å²) in [7, 11) is 0. The second kappa shape index (κ2) is 15.7. The summed E-state index contributed by atoms with van der Waals surface area (Å²) in [6.07, 6.45) is 4.14. The third kappa shape index (κ3) is 9.41. The second-order valence-electron chi connectivity index (χ2n) is 10.5. The van der Waals surface area contributed by atoms with E-state index in [1.807, 2.05) is 52.3 Å². The van der Waals surface area contributed by atoms with E-state index < -0.39 is 0 Å². The first-order valence-corrected chi connectivity index (χ1v) is 14.1. The van der Waals surface area contributed by atoms with Crippen molar-refractivity contribution in [2.75, 3.05) is 63.1 Å². The van der Waals surface area contributed by atoms with Crippen LogP contribution in [0.15, 0.2) is 54.6 Å². The number of likely N-dealkylation sites (tertiary alicyclic amines) is 1. The number of carbonyl (C=O) groups excluding carboxylic acids is 2. The zero-order valence-electron chi connectivity index (χ0n) is 23.3. The van der Waals surface area contributed by atoms with Crippen molar-refractivity contribution in [3.63, 3.8) is 0 Å². The maximum absolute atomic E-state index is 12.8. The van der Waals surface area contributed by atoms with Crippen LogP contribution in [0.1, 0.15) is 38.7 Å².